The molecule has 1 heterocycles. The van der Waals surface area contributed by atoms with Crippen molar-refractivity contribution in [2.24, 2.45) is 11.7 Å². The van der Waals surface area contributed by atoms with Gasteiger partial charge in [0, 0.05) is 18.8 Å². The third-order valence-corrected chi connectivity index (χ3v) is 2.60. The van der Waals surface area contributed by atoms with E-state index in [1.54, 1.807) is 0 Å². The van der Waals surface area contributed by atoms with Crippen molar-refractivity contribution in [2.75, 3.05) is 6.54 Å². The molecule has 1 fully saturated rings. The minimum atomic E-state index is -0.379. The maximum atomic E-state index is 11.6. The van der Waals surface area contributed by atoms with Gasteiger partial charge in [0.25, 0.3) is 5.91 Å². The Morgan fingerprint density at radius 2 is 2.40 bits per heavy atom. The van der Waals surface area contributed by atoms with Crippen molar-refractivity contribution in [1.82, 2.24) is 15.3 Å². The summed E-state index contributed by atoms with van der Waals surface area (Å²) in [6.45, 7) is 0.436. The number of carbonyl (C=O) groups excluding carboxylic acids is 1. The lowest BCUT2D eigenvalue weighted by atomic mass is 10.2. The first-order chi connectivity index (χ1) is 7.20. The van der Waals surface area contributed by atoms with E-state index in [2.05, 4.69) is 15.3 Å². The Hall–Kier alpha value is -1.56. The predicted molar refractivity (Wildman–Crippen MR) is 54.4 cm³/mol. The molecular weight excluding hydrogens is 196 g/mol. The molecule has 15 heavy (non-hydrogen) atoms. The van der Waals surface area contributed by atoms with Crippen molar-refractivity contribution < 1.29 is 4.79 Å². The summed E-state index contributed by atoms with van der Waals surface area (Å²) < 4.78 is 0. The first-order valence-electron chi connectivity index (χ1n) is 4.99. The maximum absolute atomic E-state index is 11.6. The number of nitrogens with two attached hydrogens (primary N) is 1. The lowest BCUT2D eigenvalue weighted by Gasteiger charge is -2.14. The molecule has 1 amide bonds. The molecule has 1 atom stereocenters. The summed E-state index contributed by atoms with van der Waals surface area (Å²) in [5.41, 5.74) is 5.42. The summed E-state index contributed by atoms with van der Waals surface area (Å²) in [5, 5.41) is 2.80. The van der Waals surface area contributed by atoms with Crippen LogP contribution >= 0.6 is 0 Å². The van der Waals surface area contributed by atoms with Gasteiger partial charge < -0.3 is 21.0 Å². The number of hydrogen-bond acceptors (Lipinski definition) is 3. The SMILES string of the molecule is NCC(NC(=O)c1c[nH]c(=O)[nH]1)C1CC1. The number of imidazole rings is 1. The summed E-state index contributed by atoms with van der Waals surface area (Å²) in [7, 11) is 0. The Kier molecular flexibility index (Phi) is 2.59. The van der Waals surface area contributed by atoms with Gasteiger partial charge in [0.05, 0.1) is 0 Å². The molecule has 1 aromatic heterocycles. The second-order valence-corrected chi connectivity index (χ2v) is 3.81. The van der Waals surface area contributed by atoms with Crippen LogP contribution in [0.5, 0.6) is 0 Å². The van der Waals surface area contributed by atoms with Gasteiger partial charge in [-0.1, -0.05) is 0 Å². The number of rotatable bonds is 4. The highest BCUT2D eigenvalue weighted by atomic mass is 16.2. The number of carbonyl (C=O) groups is 1. The standard InChI is InChI=1S/C9H14N4O2/c10-3-6(5-1-2-5)12-8(14)7-4-11-9(15)13-7/h4-6H,1-3,10H2,(H,12,14)(H2,11,13,15). The third kappa shape index (κ3) is 2.27. The zero-order valence-corrected chi connectivity index (χ0v) is 8.25. The quantitative estimate of drug-likeness (QED) is 0.521. The van der Waals surface area contributed by atoms with Crippen LogP contribution in [-0.2, 0) is 0 Å². The smallest absolute Gasteiger partial charge is 0.323 e. The van der Waals surface area contributed by atoms with Crippen LogP contribution in [0, 0.1) is 5.92 Å². The first-order valence-corrected chi connectivity index (χ1v) is 4.99. The molecule has 0 aromatic carbocycles. The van der Waals surface area contributed by atoms with Crippen molar-refractivity contribution >= 4 is 5.91 Å². The molecule has 2 rings (SSSR count). The lowest BCUT2D eigenvalue weighted by Crippen LogP contribution is -2.41. The molecule has 1 aliphatic carbocycles. The fourth-order valence-corrected chi connectivity index (χ4v) is 1.57. The topological polar surface area (TPSA) is 104 Å². The van der Waals surface area contributed by atoms with E-state index in [1.165, 1.54) is 6.20 Å². The van der Waals surface area contributed by atoms with Crippen LogP contribution in [0.1, 0.15) is 23.3 Å². The Morgan fingerprint density at radius 1 is 1.67 bits per heavy atom. The van der Waals surface area contributed by atoms with Gasteiger partial charge in [-0.25, -0.2) is 4.79 Å². The molecule has 0 bridgehead atoms. The highest BCUT2D eigenvalue weighted by molar-refractivity contribution is 5.92. The minimum Gasteiger partial charge on any atom is -0.346 e. The molecule has 1 unspecified atom stereocenters. The third-order valence-electron chi connectivity index (χ3n) is 2.60. The van der Waals surface area contributed by atoms with E-state index in [0.29, 0.717) is 12.5 Å². The van der Waals surface area contributed by atoms with Crippen molar-refractivity contribution in [2.45, 2.75) is 18.9 Å². The number of hydrogen-bond donors (Lipinski definition) is 4. The molecule has 6 heteroatoms. The van der Waals surface area contributed by atoms with E-state index in [9.17, 15) is 9.59 Å². The number of amides is 1. The van der Waals surface area contributed by atoms with Gasteiger partial charge in [0.15, 0.2) is 0 Å². The average molecular weight is 210 g/mol. The van der Waals surface area contributed by atoms with Gasteiger partial charge in [-0.3, -0.25) is 4.79 Å². The van der Waals surface area contributed by atoms with Gasteiger partial charge in [-0.2, -0.15) is 0 Å². The predicted octanol–water partition coefficient (Wildman–Crippen LogP) is -0.830. The molecule has 5 N–H and O–H groups in total. The van der Waals surface area contributed by atoms with Gasteiger partial charge in [0.1, 0.15) is 5.69 Å². The Balaban J connectivity index is 1.99. The number of H-pyrrole nitrogens is 2. The lowest BCUT2D eigenvalue weighted by molar-refractivity contribution is 0.0929. The Bertz CT molecular complexity index is 404. The fraction of sp³-hybridized carbons (Fsp3) is 0.556. The van der Waals surface area contributed by atoms with Crippen LogP contribution in [0.4, 0.5) is 0 Å². The van der Waals surface area contributed by atoms with E-state index in [1.807, 2.05) is 0 Å². The van der Waals surface area contributed by atoms with Gasteiger partial charge in [0.2, 0.25) is 0 Å². The number of nitrogens with one attached hydrogen (secondary N) is 3. The molecule has 0 spiro atoms. The Morgan fingerprint density at radius 3 is 2.87 bits per heavy atom. The van der Waals surface area contributed by atoms with Gasteiger partial charge >= 0.3 is 5.69 Å². The number of aromatic amines is 2. The molecule has 1 saturated carbocycles. The van der Waals surface area contributed by atoms with Crippen LogP contribution in [-0.4, -0.2) is 28.5 Å². The van der Waals surface area contributed by atoms with Crippen molar-refractivity contribution in [3.05, 3.63) is 22.4 Å². The van der Waals surface area contributed by atoms with E-state index < -0.39 is 0 Å². The Labute approximate surface area is 86.3 Å². The maximum Gasteiger partial charge on any atom is 0.323 e. The van der Waals surface area contributed by atoms with E-state index in [-0.39, 0.29) is 23.3 Å². The van der Waals surface area contributed by atoms with E-state index in [0.717, 1.165) is 12.8 Å². The van der Waals surface area contributed by atoms with Crippen molar-refractivity contribution in [3.63, 3.8) is 0 Å². The number of aromatic nitrogens is 2. The summed E-state index contributed by atoms with van der Waals surface area (Å²) in [4.78, 5) is 27.2. The van der Waals surface area contributed by atoms with Crippen LogP contribution in [0.15, 0.2) is 11.0 Å². The highest BCUT2D eigenvalue weighted by Crippen LogP contribution is 2.32. The molecule has 6 nitrogen and oxygen atoms in total. The summed E-state index contributed by atoms with van der Waals surface area (Å²) in [6, 6.07) is 0.0240. The first kappa shape index (κ1) is 9.97. The average Bonchev–Trinajstić information content (AvgIpc) is 2.97. The molecular formula is C9H14N4O2. The van der Waals surface area contributed by atoms with Gasteiger partial charge in [-0.15, -0.1) is 0 Å². The second kappa shape index (κ2) is 3.90. The normalized spacial score (nSPS) is 17.4. The molecule has 0 radical (unpaired) electrons. The van der Waals surface area contributed by atoms with Gasteiger partial charge in [-0.05, 0) is 18.8 Å². The summed E-state index contributed by atoms with van der Waals surface area (Å²) >= 11 is 0. The molecule has 1 aliphatic rings. The zero-order valence-electron chi connectivity index (χ0n) is 8.25. The van der Waals surface area contributed by atoms with E-state index >= 15 is 0 Å². The monoisotopic (exact) mass is 210 g/mol. The van der Waals surface area contributed by atoms with Crippen molar-refractivity contribution in [3.8, 4) is 0 Å². The fourth-order valence-electron chi connectivity index (χ4n) is 1.57. The van der Waals surface area contributed by atoms with Crippen LogP contribution in [0.25, 0.3) is 0 Å². The molecule has 0 aliphatic heterocycles. The van der Waals surface area contributed by atoms with Crippen LogP contribution in [0.2, 0.25) is 0 Å². The summed E-state index contributed by atoms with van der Waals surface area (Å²) in [5.74, 6) is 0.223. The van der Waals surface area contributed by atoms with Crippen LogP contribution in [0.3, 0.4) is 0 Å². The summed E-state index contributed by atoms with van der Waals surface area (Å²) in [6.07, 6.45) is 3.59. The zero-order chi connectivity index (χ0) is 10.8. The minimum absolute atomic E-state index is 0.0240. The molecule has 1 aromatic rings. The molecule has 0 saturated heterocycles. The van der Waals surface area contributed by atoms with E-state index in [4.69, 9.17) is 5.73 Å². The van der Waals surface area contributed by atoms with Crippen molar-refractivity contribution in [1.29, 1.82) is 0 Å². The highest BCUT2D eigenvalue weighted by Gasteiger charge is 2.31. The van der Waals surface area contributed by atoms with Crippen LogP contribution < -0.4 is 16.7 Å². The largest absolute Gasteiger partial charge is 0.346 e. The molecule has 82 valence electrons. The second-order valence-electron chi connectivity index (χ2n) is 3.81.